The number of hydrogen-bond donors (Lipinski definition) is 2. The first kappa shape index (κ1) is 23.4. The van der Waals surface area contributed by atoms with Gasteiger partial charge in [-0.2, -0.15) is 5.10 Å². The van der Waals surface area contributed by atoms with E-state index in [9.17, 15) is 0 Å². The Balaban J connectivity index is 1.46. The Hall–Kier alpha value is -1.74. The van der Waals surface area contributed by atoms with Crippen molar-refractivity contribution in [2.24, 2.45) is 5.92 Å². The summed E-state index contributed by atoms with van der Waals surface area (Å²) in [5.41, 5.74) is 2.08. The summed E-state index contributed by atoms with van der Waals surface area (Å²) in [6.45, 7) is 10.6. The highest BCUT2D eigenvalue weighted by Gasteiger charge is 2.29. The summed E-state index contributed by atoms with van der Waals surface area (Å²) in [7, 11) is 0. The highest BCUT2D eigenvalue weighted by Crippen LogP contribution is 2.35. The summed E-state index contributed by atoms with van der Waals surface area (Å²) >= 11 is 9.70. The van der Waals surface area contributed by atoms with Crippen molar-refractivity contribution in [3.8, 4) is 0 Å². The highest BCUT2D eigenvalue weighted by atomic mass is 79.9. The van der Waals surface area contributed by atoms with E-state index in [1.165, 1.54) is 5.56 Å². The number of halogens is 2. The minimum absolute atomic E-state index is 0.316. The third kappa shape index (κ3) is 5.25. The molecule has 0 spiro atoms. The standard InChI is InChI=1S/C23H31BrClN7/c1-3-31(4-2)14-11-26-20(16-5-7-18(25)8-6-16)17-9-12-32(13-10-17)23-19-21(24)29-30-22(19)27-15-28-23/h5-8,15,17,20,26H,3-4,9-14H2,1-2H3,(H,27,28,29,30). The number of nitrogens with one attached hydrogen (secondary N) is 2. The zero-order chi connectivity index (χ0) is 22.5. The molecule has 0 bridgehead atoms. The number of hydrogen-bond acceptors (Lipinski definition) is 6. The zero-order valence-corrected chi connectivity index (χ0v) is 21.0. The van der Waals surface area contributed by atoms with Gasteiger partial charge in [0.05, 0.1) is 5.39 Å². The molecule has 0 radical (unpaired) electrons. The summed E-state index contributed by atoms with van der Waals surface area (Å²) in [5.74, 6) is 1.50. The van der Waals surface area contributed by atoms with Crippen LogP contribution < -0.4 is 10.2 Å². The lowest BCUT2D eigenvalue weighted by molar-refractivity contribution is 0.263. The monoisotopic (exact) mass is 519 g/mol. The van der Waals surface area contributed by atoms with Gasteiger partial charge in [-0.25, -0.2) is 9.97 Å². The lowest BCUT2D eigenvalue weighted by Crippen LogP contribution is -2.41. The first-order chi connectivity index (χ1) is 15.6. The molecule has 2 N–H and O–H groups in total. The Bertz CT molecular complexity index is 997. The number of anilines is 1. The molecule has 1 aliphatic heterocycles. The van der Waals surface area contributed by atoms with Gasteiger partial charge >= 0.3 is 0 Å². The van der Waals surface area contributed by atoms with Crippen molar-refractivity contribution in [2.45, 2.75) is 32.7 Å². The van der Waals surface area contributed by atoms with Crippen LogP contribution in [0.1, 0.15) is 38.3 Å². The van der Waals surface area contributed by atoms with Gasteiger partial charge in [-0.3, -0.25) is 5.10 Å². The summed E-state index contributed by atoms with van der Waals surface area (Å²) in [6, 6.07) is 8.65. The van der Waals surface area contributed by atoms with Crippen LogP contribution in [0.3, 0.4) is 0 Å². The minimum atomic E-state index is 0.316. The molecule has 1 saturated heterocycles. The van der Waals surface area contributed by atoms with Crippen LogP contribution in [0.25, 0.3) is 11.0 Å². The largest absolute Gasteiger partial charge is 0.356 e. The molecule has 32 heavy (non-hydrogen) atoms. The predicted molar refractivity (Wildman–Crippen MR) is 134 cm³/mol. The van der Waals surface area contributed by atoms with Crippen LogP contribution in [0.2, 0.25) is 5.02 Å². The summed E-state index contributed by atoms with van der Waals surface area (Å²) < 4.78 is 0.766. The molecule has 1 fully saturated rings. The Kier molecular flexibility index (Phi) is 7.99. The lowest BCUT2D eigenvalue weighted by atomic mass is 9.85. The first-order valence-electron chi connectivity index (χ1n) is 11.4. The number of likely N-dealkylation sites (N-methyl/N-ethyl adjacent to an activating group) is 1. The van der Waals surface area contributed by atoms with Crippen molar-refractivity contribution >= 4 is 44.4 Å². The number of piperidine rings is 1. The Morgan fingerprint density at radius 2 is 1.91 bits per heavy atom. The van der Waals surface area contributed by atoms with E-state index in [1.807, 2.05) is 12.1 Å². The fraction of sp³-hybridized carbons (Fsp3) is 0.522. The molecule has 1 atom stereocenters. The van der Waals surface area contributed by atoms with E-state index in [2.05, 4.69) is 77.2 Å². The van der Waals surface area contributed by atoms with E-state index >= 15 is 0 Å². The minimum Gasteiger partial charge on any atom is -0.356 e. The normalized spacial score (nSPS) is 16.2. The second-order valence-corrected chi connectivity index (χ2v) is 9.46. The molecule has 1 unspecified atom stereocenters. The third-order valence-electron chi connectivity index (χ3n) is 6.52. The van der Waals surface area contributed by atoms with Crippen molar-refractivity contribution in [3.63, 3.8) is 0 Å². The van der Waals surface area contributed by atoms with Gasteiger partial charge in [-0.15, -0.1) is 0 Å². The molecule has 0 saturated carbocycles. The molecule has 0 amide bonds. The van der Waals surface area contributed by atoms with Gasteiger partial charge < -0.3 is 15.1 Å². The summed E-state index contributed by atoms with van der Waals surface area (Å²) in [4.78, 5) is 13.7. The Morgan fingerprint density at radius 1 is 1.19 bits per heavy atom. The van der Waals surface area contributed by atoms with Crippen LogP contribution in [0.5, 0.6) is 0 Å². The number of benzene rings is 1. The van der Waals surface area contributed by atoms with E-state index in [4.69, 9.17) is 11.6 Å². The van der Waals surface area contributed by atoms with E-state index in [1.54, 1.807) is 6.33 Å². The highest BCUT2D eigenvalue weighted by molar-refractivity contribution is 9.10. The predicted octanol–water partition coefficient (Wildman–Crippen LogP) is 4.66. The maximum Gasteiger partial charge on any atom is 0.161 e. The SMILES string of the molecule is CCN(CC)CCNC(c1ccc(Cl)cc1)C1CCN(c2ncnc3[nH]nc(Br)c23)CC1. The third-order valence-corrected chi connectivity index (χ3v) is 7.35. The molecule has 172 valence electrons. The molecule has 1 aromatic carbocycles. The van der Waals surface area contributed by atoms with Gasteiger partial charge in [0.25, 0.3) is 0 Å². The van der Waals surface area contributed by atoms with Crippen LogP contribution in [-0.4, -0.2) is 64.3 Å². The van der Waals surface area contributed by atoms with Crippen molar-refractivity contribution < 1.29 is 0 Å². The van der Waals surface area contributed by atoms with Crippen LogP contribution in [-0.2, 0) is 0 Å². The number of aromatic amines is 1. The van der Waals surface area contributed by atoms with Gasteiger partial charge in [-0.05, 0) is 65.5 Å². The quantitative estimate of drug-likeness (QED) is 0.428. The van der Waals surface area contributed by atoms with Gasteiger partial charge in [0.1, 0.15) is 16.7 Å². The molecule has 3 heterocycles. The molecule has 0 aliphatic carbocycles. The molecule has 2 aromatic heterocycles. The first-order valence-corrected chi connectivity index (χ1v) is 12.6. The topological polar surface area (TPSA) is 73.0 Å². The maximum absolute atomic E-state index is 6.17. The van der Waals surface area contributed by atoms with Gasteiger partial charge in [0.15, 0.2) is 5.65 Å². The van der Waals surface area contributed by atoms with Crippen LogP contribution in [0.15, 0.2) is 35.2 Å². The number of fused-ring (bicyclic) bond motifs is 1. The maximum atomic E-state index is 6.17. The van der Waals surface area contributed by atoms with E-state index in [-0.39, 0.29) is 0 Å². The van der Waals surface area contributed by atoms with E-state index in [0.717, 1.165) is 78.6 Å². The summed E-state index contributed by atoms with van der Waals surface area (Å²) in [6.07, 6.45) is 3.79. The van der Waals surface area contributed by atoms with Crippen LogP contribution in [0, 0.1) is 5.92 Å². The fourth-order valence-electron chi connectivity index (χ4n) is 4.64. The number of nitrogens with zero attached hydrogens (tertiary/aromatic N) is 5. The lowest BCUT2D eigenvalue weighted by Gasteiger charge is -2.37. The fourth-order valence-corrected chi connectivity index (χ4v) is 5.22. The molecule has 1 aliphatic rings. The molecule has 3 aromatic rings. The van der Waals surface area contributed by atoms with Crippen molar-refractivity contribution in [3.05, 3.63) is 45.8 Å². The molecular formula is C23H31BrClN7. The average Bonchev–Trinajstić information content (AvgIpc) is 3.21. The van der Waals surface area contributed by atoms with Crippen molar-refractivity contribution in [1.82, 2.24) is 30.4 Å². The smallest absolute Gasteiger partial charge is 0.161 e. The molecular weight excluding hydrogens is 490 g/mol. The molecule has 9 heteroatoms. The van der Waals surface area contributed by atoms with Gasteiger partial charge in [-0.1, -0.05) is 37.6 Å². The Labute approximate surface area is 203 Å². The van der Waals surface area contributed by atoms with Gasteiger partial charge in [0.2, 0.25) is 0 Å². The number of aromatic nitrogens is 4. The van der Waals surface area contributed by atoms with Gasteiger partial charge in [0, 0.05) is 37.2 Å². The zero-order valence-electron chi connectivity index (χ0n) is 18.7. The summed E-state index contributed by atoms with van der Waals surface area (Å²) in [5, 5.41) is 12.8. The van der Waals surface area contributed by atoms with Crippen LogP contribution in [0.4, 0.5) is 5.82 Å². The second-order valence-electron chi connectivity index (χ2n) is 8.27. The molecule has 4 rings (SSSR count). The van der Waals surface area contributed by atoms with E-state index in [0.29, 0.717) is 12.0 Å². The van der Waals surface area contributed by atoms with Crippen molar-refractivity contribution in [1.29, 1.82) is 0 Å². The van der Waals surface area contributed by atoms with E-state index < -0.39 is 0 Å². The second kappa shape index (κ2) is 10.9. The number of rotatable bonds is 9. The van der Waals surface area contributed by atoms with Crippen LogP contribution >= 0.6 is 27.5 Å². The van der Waals surface area contributed by atoms with Crippen molar-refractivity contribution in [2.75, 3.05) is 44.2 Å². The molecule has 7 nitrogen and oxygen atoms in total. The number of H-pyrrole nitrogens is 1. The Morgan fingerprint density at radius 3 is 2.59 bits per heavy atom. The average molecular weight is 521 g/mol.